The lowest BCUT2D eigenvalue weighted by Crippen LogP contribution is -1.98. The van der Waals surface area contributed by atoms with Crippen LogP contribution < -0.4 is 0 Å². The van der Waals surface area contributed by atoms with Gasteiger partial charge in [0.2, 0.25) is 5.69 Å². The number of benzene rings is 3. The molecule has 0 saturated heterocycles. The lowest BCUT2D eigenvalue weighted by Gasteiger charge is -2.07. The zero-order valence-electron chi connectivity index (χ0n) is 14.5. The number of azo groups is 1. The number of nitro benzene ring substituents is 2. The first kappa shape index (κ1) is 20.6. The average molecular weight is 434 g/mol. The minimum atomic E-state index is -4.57. The number of aromatic hydroxyl groups is 2. The highest BCUT2D eigenvalue weighted by molar-refractivity contribution is 7.86. The third kappa shape index (κ3) is 3.71. The fourth-order valence-electron chi connectivity index (χ4n) is 2.65. The first-order valence-electron chi connectivity index (χ1n) is 7.80. The topological polar surface area (TPSA) is 206 Å². The fraction of sp³-hybridized carbons (Fsp3) is 0. The van der Waals surface area contributed by atoms with E-state index in [1.54, 1.807) is 0 Å². The Morgan fingerprint density at radius 2 is 1.60 bits per heavy atom. The van der Waals surface area contributed by atoms with E-state index in [-0.39, 0.29) is 16.5 Å². The van der Waals surface area contributed by atoms with E-state index in [9.17, 15) is 43.4 Å². The number of non-ortho nitro benzene ring substituents is 1. The molecule has 14 heteroatoms. The predicted octanol–water partition coefficient (Wildman–Crippen LogP) is 3.73. The van der Waals surface area contributed by atoms with E-state index in [4.69, 9.17) is 0 Å². The Bertz CT molecular complexity index is 1350. The Morgan fingerprint density at radius 1 is 0.900 bits per heavy atom. The molecule has 3 aromatic carbocycles. The van der Waals surface area contributed by atoms with Gasteiger partial charge in [-0.05, 0) is 12.1 Å². The molecule has 30 heavy (non-hydrogen) atoms. The normalized spacial score (nSPS) is 11.8. The standard InChI is InChI=1S/C16H10N4O9S/c21-13-7-8(19(23)24)6-12(20(25)26)15(13)18-17-11-5-4-9-10(16(11)22)2-1-3-14(9)30(27,28)29/h1-7,21-22H,(H,27,28,29). The maximum Gasteiger partial charge on any atom is 0.307 e. The molecule has 0 aromatic heterocycles. The molecule has 154 valence electrons. The lowest BCUT2D eigenvalue weighted by molar-refractivity contribution is -0.393. The molecule has 0 heterocycles. The molecule has 0 atom stereocenters. The molecule has 0 bridgehead atoms. The van der Waals surface area contributed by atoms with E-state index in [1.807, 2.05) is 0 Å². The monoisotopic (exact) mass is 434 g/mol. The van der Waals surface area contributed by atoms with Gasteiger partial charge in [-0.25, -0.2) is 0 Å². The van der Waals surface area contributed by atoms with Crippen LogP contribution in [0.2, 0.25) is 0 Å². The third-order valence-electron chi connectivity index (χ3n) is 3.97. The molecule has 0 aliphatic carbocycles. The van der Waals surface area contributed by atoms with Crippen molar-refractivity contribution in [2.45, 2.75) is 4.90 Å². The molecule has 0 unspecified atom stereocenters. The van der Waals surface area contributed by atoms with E-state index in [0.29, 0.717) is 12.1 Å². The Kier molecular flexibility index (Phi) is 5.03. The van der Waals surface area contributed by atoms with Crippen LogP contribution in [0.1, 0.15) is 0 Å². The molecule has 0 fully saturated rings. The highest BCUT2D eigenvalue weighted by atomic mass is 32.2. The van der Waals surface area contributed by atoms with E-state index in [1.165, 1.54) is 18.2 Å². The van der Waals surface area contributed by atoms with Crippen molar-refractivity contribution in [1.29, 1.82) is 0 Å². The van der Waals surface area contributed by atoms with Crippen LogP contribution in [-0.2, 0) is 10.1 Å². The molecule has 0 spiro atoms. The van der Waals surface area contributed by atoms with Crippen molar-refractivity contribution in [3.8, 4) is 11.5 Å². The number of hydrogen-bond donors (Lipinski definition) is 3. The number of hydrogen-bond acceptors (Lipinski definition) is 10. The van der Waals surface area contributed by atoms with Gasteiger partial charge in [0, 0.05) is 10.8 Å². The number of rotatable bonds is 5. The number of nitro groups is 2. The second-order valence-corrected chi connectivity index (χ2v) is 7.20. The number of fused-ring (bicyclic) bond motifs is 1. The molecular formula is C16H10N4O9S. The van der Waals surface area contributed by atoms with Crippen molar-refractivity contribution in [3.05, 3.63) is 62.7 Å². The summed E-state index contributed by atoms with van der Waals surface area (Å²) in [5, 5.41) is 49.4. The summed E-state index contributed by atoms with van der Waals surface area (Å²) >= 11 is 0. The highest BCUT2D eigenvalue weighted by Gasteiger charge is 2.24. The Balaban J connectivity index is 2.15. The van der Waals surface area contributed by atoms with Gasteiger partial charge in [-0.15, -0.1) is 10.2 Å². The minimum absolute atomic E-state index is 0.0102. The van der Waals surface area contributed by atoms with Gasteiger partial charge in [-0.3, -0.25) is 24.8 Å². The SMILES string of the molecule is O=[N+]([O-])c1cc(O)c(N=Nc2ccc3c(S(=O)(=O)O)cccc3c2O)c([N+](=O)[O-])c1. The van der Waals surface area contributed by atoms with Crippen molar-refractivity contribution in [2.75, 3.05) is 0 Å². The van der Waals surface area contributed by atoms with Crippen LogP contribution in [0, 0.1) is 20.2 Å². The summed E-state index contributed by atoms with van der Waals surface area (Å²) in [7, 11) is -4.57. The molecular weight excluding hydrogens is 424 g/mol. The van der Waals surface area contributed by atoms with Crippen molar-refractivity contribution < 1.29 is 33.0 Å². The second kappa shape index (κ2) is 7.34. The van der Waals surface area contributed by atoms with Crippen molar-refractivity contribution in [3.63, 3.8) is 0 Å². The molecule has 0 aliphatic heterocycles. The minimum Gasteiger partial charge on any atom is -0.505 e. The summed E-state index contributed by atoms with van der Waals surface area (Å²) in [6.07, 6.45) is 0. The molecule has 0 amide bonds. The quantitative estimate of drug-likeness (QED) is 0.231. The van der Waals surface area contributed by atoms with Gasteiger partial charge in [0.15, 0.2) is 11.5 Å². The first-order chi connectivity index (χ1) is 14.0. The maximum absolute atomic E-state index is 11.5. The van der Waals surface area contributed by atoms with Crippen molar-refractivity contribution in [1.82, 2.24) is 0 Å². The number of phenolic OH excluding ortho intramolecular Hbond substituents is 2. The van der Waals surface area contributed by atoms with Gasteiger partial charge in [0.1, 0.15) is 10.6 Å². The van der Waals surface area contributed by atoms with Gasteiger partial charge in [-0.1, -0.05) is 18.2 Å². The zero-order chi connectivity index (χ0) is 22.2. The molecule has 13 nitrogen and oxygen atoms in total. The van der Waals surface area contributed by atoms with Crippen LogP contribution >= 0.6 is 0 Å². The van der Waals surface area contributed by atoms with Crippen LogP contribution in [0.3, 0.4) is 0 Å². The summed E-state index contributed by atoms with van der Waals surface area (Å²) in [6, 6.07) is 7.31. The van der Waals surface area contributed by atoms with E-state index in [0.717, 1.165) is 12.1 Å². The van der Waals surface area contributed by atoms with Crippen molar-refractivity contribution in [2.24, 2.45) is 10.2 Å². The molecule has 3 N–H and O–H groups in total. The van der Waals surface area contributed by atoms with E-state index in [2.05, 4.69) is 10.2 Å². The summed E-state index contributed by atoms with van der Waals surface area (Å²) in [5.41, 5.74) is -2.55. The molecule has 3 rings (SSSR count). The summed E-state index contributed by atoms with van der Waals surface area (Å²) in [4.78, 5) is 19.6. The van der Waals surface area contributed by atoms with Gasteiger partial charge in [0.25, 0.3) is 15.8 Å². The van der Waals surface area contributed by atoms with Crippen LogP contribution in [0.4, 0.5) is 22.7 Å². The van der Waals surface area contributed by atoms with E-state index >= 15 is 0 Å². The largest absolute Gasteiger partial charge is 0.505 e. The van der Waals surface area contributed by atoms with Gasteiger partial charge in [0.05, 0.1) is 22.0 Å². The van der Waals surface area contributed by atoms with Crippen LogP contribution in [-0.4, -0.2) is 33.0 Å². The van der Waals surface area contributed by atoms with E-state index < -0.39 is 53.4 Å². The summed E-state index contributed by atoms with van der Waals surface area (Å²) in [5.74, 6) is -1.43. The van der Waals surface area contributed by atoms with Crippen LogP contribution in [0.5, 0.6) is 11.5 Å². The molecule has 0 radical (unpaired) electrons. The van der Waals surface area contributed by atoms with Crippen LogP contribution in [0.15, 0.2) is 57.6 Å². The lowest BCUT2D eigenvalue weighted by atomic mass is 10.1. The van der Waals surface area contributed by atoms with Crippen molar-refractivity contribution >= 4 is 43.6 Å². The molecule has 0 saturated carbocycles. The zero-order valence-corrected chi connectivity index (χ0v) is 15.3. The summed E-state index contributed by atoms with van der Waals surface area (Å²) < 4.78 is 32.2. The van der Waals surface area contributed by atoms with Gasteiger partial charge in [-0.2, -0.15) is 8.42 Å². The van der Waals surface area contributed by atoms with Gasteiger partial charge < -0.3 is 10.2 Å². The summed E-state index contributed by atoms with van der Waals surface area (Å²) in [6.45, 7) is 0. The Morgan fingerprint density at radius 3 is 2.20 bits per heavy atom. The second-order valence-electron chi connectivity index (χ2n) is 5.81. The predicted molar refractivity (Wildman–Crippen MR) is 101 cm³/mol. The Hall–Kier alpha value is -4.17. The molecule has 0 aliphatic rings. The smallest absolute Gasteiger partial charge is 0.307 e. The average Bonchev–Trinajstić information content (AvgIpc) is 2.66. The van der Waals surface area contributed by atoms with Gasteiger partial charge >= 0.3 is 5.69 Å². The number of nitrogens with zero attached hydrogens (tertiary/aromatic N) is 4. The maximum atomic E-state index is 11.5. The third-order valence-corrected chi connectivity index (χ3v) is 4.88. The highest BCUT2D eigenvalue weighted by Crippen LogP contribution is 2.42. The fourth-order valence-corrected chi connectivity index (χ4v) is 3.35. The Labute approximate surface area is 166 Å². The molecule has 3 aromatic rings. The van der Waals surface area contributed by atoms with Crippen LogP contribution in [0.25, 0.3) is 10.8 Å². The first-order valence-corrected chi connectivity index (χ1v) is 9.24. The number of phenols is 2.